The maximum Gasteiger partial charge on any atom is 0.101 e. The van der Waals surface area contributed by atoms with Crippen LogP contribution in [0, 0.1) is 0 Å². The molecule has 1 atom stereocenters. The minimum absolute atomic E-state index is 0.635. The van der Waals surface area contributed by atoms with Gasteiger partial charge in [-0.2, -0.15) is 0 Å². The predicted octanol–water partition coefficient (Wildman–Crippen LogP) is 19.4. The van der Waals surface area contributed by atoms with Gasteiger partial charge in [0, 0.05) is 25.5 Å². The van der Waals surface area contributed by atoms with Gasteiger partial charge >= 0.3 is 0 Å². The molecule has 2 heteroatoms. The van der Waals surface area contributed by atoms with E-state index in [-0.39, 0.29) is 0 Å². The Hall–Kier alpha value is -0.660. The fourth-order valence-electron chi connectivity index (χ4n) is 9.37. The van der Waals surface area contributed by atoms with E-state index in [1.165, 1.54) is 308 Å². The first-order chi connectivity index (χ1) is 27.8. The van der Waals surface area contributed by atoms with E-state index >= 15 is 0 Å². The third-order valence-corrected chi connectivity index (χ3v) is 13.3. The molecule has 1 rings (SSSR count). The van der Waals surface area contributed by atoms with Crippen LogP contribution in [0.1, 0.15) is 316 Å². The van der Waals surface area contributed by atoms with Crippen molar-refractivity contribution in [2.75, 3.05) is 13.1 Å². The first kappa shape index (κ1) is 53.4. The van der Waals surface area contributed by atoms with Gasteiger partial charge in [0.15, 0.2) is 0 Å². The van der Waals surface area contributed by atoms with Crippen LogP contribution in [-0.4, -0.2) is 29.1 Å². The van der Waals surface area contributed by atoms with Gasteiger partial charge in [-0.1, -0.05) is 290 Å². The molecule has 0 saturated carbocycles. The van der Waals surface area contributed by atoms with E-state index in [4.69, 9.17) is 0 Å². The third-order valence-electron chi connectivity index (χ3n) is 13.3. The van der Waals surface area contributed by atoms with Gasteiger partial charge in [-0.25, -0.2) is 0 Å². The highest BCUT2D eigenvalue weighted by atomic mass is 15.4. The summed E-state index contributed by atoms with van der Waals surface area (Å²) >= 11 is 0. The summed E-state index contributed by atoms with van der Waals surface area (Å²) in [5.74, 6) is 0. The van der Waals surface area contributed by atoms with Crippen LogP contribution in [0.5, 0.6) is 0 Å². The maximum absolute atomic E-state index is 2.75. The Kier molecular flexibility index (Phi) is 43.3. The summed E-state index contributed by atoms with van der Waals surface area (Å²) < 4.78 is 0. The van der Waals surface area contributed by atoms with Gasteiger partial charge in [-0.05, 0) is 25.7 Å². The van der Waals surface area contributed by atoms with E-state index in [1.54, 1.807) is 0 Å². The highest BCUT2D eigenvalue weighted by Gasteiger charge is 2.25. The predicted molar refractivity (Wildman–Crippen MR) is 256 cm³/mol. The van der Waals surface area contributed by atoms with Crippen LogP contribution in [0.4, 0.5) is 0 Å². The number of hydrogen-bond acceptors (Lipinski definition) is 2. The van der Waals surface area contributed by atoms with Gasteiger partial charge in [0.25, 0.3) is 0 Å². The van der Waals surface area contributed by atoms with Gasteiger partial charge in [0.05, 0.1) is 0 Å². The van der Waals surface area contributed by atoms with Gasteiger partial charge in [-0.3, -0.25) is 0 Å². The molecule has 1 unspecified atom stereocenters. The Bertz CT molecular complexity index is 747. The largest absolute Gasteiger partial charge is 0.356 e. The Morgan fingerprint density at radius 2 is 0.411 bits per heavy atom. The standard InChI is InChI=1S/C54H108N2/c1-4-7-10-13-16-19-22-24-26-28-30-32-34-37-40-43-46-49-54-55(50-47-44-41-38-35-21-18-15-12-9-6-3)52-53-56(54)51-48-45-42-39-36-33-31-29-27-25-23-20-17-14-11-8-5-2/h52-54H,4-51H2,1-3H3. The molecule has 1 aliphatic heterocycles. The Balaban J connectivity index is 2.17. The molecule has 0 aliphatic carbocycles. The lowest BCUT2D eigenvalue weighted by Crippen LogP contribution is -2.39. The average Bonchev–Trinajstić information content (AvgIpc) is 3.59. The second-order valence-corrected chi connectivity index (χ2v) is 18.9. The molecule has 1 aliphatic rings. The van der Waals surface area contributed by atoms with Crippen LogP contribution < -0.4 is 0 Å². The Morgan fingerprint density at radius 1 is 0.232 bits per heavy atom. The van der Waals surface area contributed by atoms with Crippen molar-refractivity contribution >= 4 is 0 Å². The number of hydrogen-bond donors (Lipinski definition) is 0. The van der Waals surface area contributed by atoms with E-state index in [1.807, 2.05) is 0 Å². The Labute approximate surface area is 356 Å². The zero-order valence-electron chi connectivity index (χ0n) is 39.6. The van der Waals surface area contributed by atoms with Crippen LogP contribution in [0.3, 0.4) is 0 Å². The molecule has 2 nitrogen and oxygen atoms in total. The minimum atomic E-state index is 0.635. The van der Waals surface area contributed by atoms with E-state index in [0.717, 1.165) is 0 Å². The number of unbranched alkanes of at least 4 members (excludes halogenated alkanes) is 42. The normalized spacial score (nSPS) is 14.2. The van der Waals surface area contributed by atoms with Crippen LogP contribution in [-0.2, 0) is 0 Å². The van der Waals surface area contributed by atoms with E-state index in [9.17, 15) is 0 Å². The molecule has 334 valence electrons. The summed E-state index contributed by atoms with van der Waals surface area (Å²) in [5.41, 5.74) is 0. The lowest BCUT2D eigenvalue weighted by atomic mass is 10.0. The molecule has 0 bridgehead atoms. The summed E-state index contributed by atoms with van der Waals surface area (Å²) in [4.78, 5) is 5.49. The highest BCUT2D eigenvalue weighted by Crippen LogP contribution is 2.24. The average molecular weight is 785 g/mol. The molecule has 0 aromatic carbocycles. The monoisotopic (exact) mass is 785 g/mol. The number of rotatable bonds is 48. The van der Waals surface area contributed by atoms with Crippen LogP contribution >= 0.6 is 0 Å². The van der Waals surface area contributed by atoms with Crippen molar-refractivity contribution in [1.82, 2.24) is 9.80 Å². The minimum Gasteiger partial charge on any atom is -0.356 e. The third kappa shape index (κ3) is 36.4. The molecule has 0 amide bonds. The van der Waals surface area contributed by atoms with Crippen LogP contribution in [0.2, 0.25) is 0 Å². The molecule has 0 N–H and O–H groups in total. The molecular formula is C54H108N2. The lowest BCUT2D eigenvalue weighted by Gasteiger charge is -2.33. The van der Waals surface area contributed by atoms with Gasteiger partial charge in [-0.15, -0.1) is 0 Å². The zero-order valence-corrected chi connectivity index (χ0v) is 39.6. The maximum atomic E-state index is 2.75. The molecule has 0 fully saturated rings. The fraction of sp³-hybridized carbons (Fsp3) is 0.963. The lowest BCUT2D eigenvalue weighted by molar-refractivity contribution is 0.135. The van der Waals surface area contributed by atoms with Crippen molar-refractivity contribution in [3.63, 3.8) is 0 Å². The smallest absolute Gasteiger partial charge is 0.101 e. The van der Waals surface area contributed by atoms with Crippen molar-refractivity contribution in [3.05, 3.63) is 12.4 Å². The first-order valence-corrected chi connectivity index (χ1v) is 27.0. The molecule has 56 heavy (non-hydrogen) atoms. The van der Waals surface area contributed by atoms with E-state index < -0.39 is 0 Å². The summed E-state index contributed by atoms with van der Waals surface area (Å²) in [7, 11) is 0. The molecule has 0 aromatic heterocycles. The molecule has 0 aromatic rings. The molecule has 0 saturated heterocycles. The number of nitrogens with zero attached hydrogens (tertiary/aromatic N) is 2. The van der Waals surface area contributed by atoms with Crippen LogP contribution in [0.25, 0.3) is 0 Å². The van der Waals surface area contributed by atoms with Crippen LogP contribution in [0.15, 0.2) is 12.4 Å². The van der Waals surface area contributed by atoms with E-state index in [2.05, 4.69) is 43.0 Å². The topological polar surface area (TPSA) is 6.48 Å². The second-order valence-electron chi connectivity index (χ2n) is 18.9. The Morgan fingerprint density at radius 3 is 0.625 bits per heavy atom. The van der Waals surface area contributed by atoms with Crippen molar-refractivity contribution < 1.29 is 0 Å². The molecule has 0 spiro atoms. The molecular weight excluding hydrogens is 677 g/mol. The summed E-state index contributed by atoms with van der Waals surface area (Å²) in [5, 5.41) is 0. The van der Waals surface area contributed by atoms with Gasteiger partial charge in [0.1, 0.15) is 6.17 Å². The fourth-order valence-corrected chi connectivity index (χ4v) is 9.37. The first-order valence-electron chi connectivity index (χ1n) is 27.0. The van der Waals surface area contributed by atoms with Gasteiger partial charge in [0.2, 0.25) is 0 Å². The van der Waals surface area contributed by atoms with E-state index in [0.29, 0.717) is 6.17 Å². The van der Waals surface area contributed by atoms with Gasteiger partial charge < -0.3 is 9.80 Å². The molecule has 0 radical (unpaired) electrons. The van der Waals surface area contributed by atoms with Crippen molar-refractivity contribution in [2.24, 2.45) is 0 Å². The quantitative estimate of drug-likeness (QED) is 0.0567. The summed E-state index contributed by atoms with van der Waals surface area (Å²) in [6.45, 7) is 9.50. The molecule has 1 heterocycles. The highest BCUT2D eigenvalue weighted by molar-refractivity contribution is 4.97. The zero-order chi connectivity index (χ0) is 40.1. The van der Waals surface area contributed by atoms with Crippen molar-refractivity contribution in [1.29, 1.82) is 0 Å². The SMILES string of the molecule is CCCCCCCCCCCCCCCCCCCC1N(CCCCCCCCCCCCC)C=CN1CCCCCCCCCCCCCCCCCCC. The second kappa shape index (κ2) is 45.4. The van der Waals surface area contributed by atoms with Crippen molar-refractivity contribution in [2.45, 2.75) is 322 Å². The summed E-state index contributed by atoms with van der Waals surface area (Å²) in [6.07, 6.45) is 72.3. The van der Waals surface area contributed by atoms with Crippen molar-refractivity contribution in [3.8, 4) is 0 Å². The summed E-state index contributed by atoms with van der Waals surface area (Å²) in [6, 6.07) is 0.